The molecule has 0 heterocycles. The summed E-state index contributed by atoms with van der Waals surface area (Å²) in [5.41, 5.74) is 9.11. The number of hydrogen-bond donors (Lipinski definition) is 2. The highest BCUT2D eigenvalue weighted by atomic mass is 35.5. The summed E-state index contributed by atoms with van der Waals surface area (Å²) in [5.74, 6) is 1.07. The fourth-order valence-electron chi connectivity index (χ4n) is 1.88. The van der Waals surface area contributed by atoms with Crippen molar-refractivity contribution < 1.29 is 5.11 Å². The van der Waals surface area contributed by atoms with Gasteiger partial charge in [0.25, 0.3) is 0 Å². The number of hydrogen-bond acceptors (Lipinski definition) is 2. The van der Waals surface area contributed by atoms with Gasteiger partial charge in [0.05, 0.1) is 0 Å². The predicted octanol–water partition coefficient (Wildman–Crippen LogP) is 3.87. The Morgan fingerprint density at radius 3 is 2.00 bits per heavy atom. The summed E-state index contributed by atoms with van der Waals surface area (Å²) in [6.07, 6.45) is 2.14. The minimum atomic E-state index is 0. The molecule has 0 unspecified atom stereocenters. The maximum Gasteiger partial charge on any atom is 0.121 e. The molecule has 3 heteroatoms. The summed E-state index contributed by atoms with van der Waals surface area (Å²) in [5, 5.41) is 9.69. The zero-order chi connectivity index (χ0) is 12.3. The van der Waals surface area contributed by atoms with Gasteiger partial charge in [-0.2, -0.15) is 0 Å². The number of aryl methyl sites for hydroxylation is 2. The lowest BCUT2D eigenvalue weighted by molar-refractivity contribution is 0.465. The summed E-state index contributed by atoms with van der Waals surface area (Å²) in [4.78, 5) is 0. The van der Waals surface area contributed by atoms with Crippen LogP contribution in [0.5, 0.6) is 5.75 Å². The van der Waals surface area contributed by atoms with E-state index >= 15 is 0 Å². The summed E-state index contributed by atoms with van der Waals surface area (Å²) < 4.78 is 0. The minimum Gasteiger partial charge on any atom is -0.507 e. The first-order valence-electron chi connectivity index (χ1n) is 5.97. The van der Waals surface area contributed by atoms with E-state index < -0.39 is 0 Å². The fraction of sp³-hybridized carbons (Fsp3) is 0.571. The quantitative estimate of drug-likeness (QED) is 0.860. The number of aromatic hydroxyl groups is 1. The smallest absolute Gasteiger partial charge is 0.121 e. The molecule has 1 atom stereocenters. The molecule has 0 spiro atoms. The van der Waals surface area contributed by atoms with Crippen molar-refractivity contribution in [3.05, 3.63) is 28.8 Å². The van der Waals surface area contributed by atoms with Gasteiger partial charge in [0.1, 0.15) is 5.75 Å². The second kappa shape index (κ2) is 6.87. The van der Waals surface area contributed by atoms with E-state index in [0.29, 0.717) is 11.7 Å². The Bertz CT molecular complexity index is 340. The van der Waals surface area contributed by atoms with Gasteiger partial charge in [-0.25, -0.2) is 0 Å². The second-order valence-corrected chi connectivity index (χ2v) is 5.08. The molecule has 98 valence electrons. The third kappa shape index (κ3) is 4.57. The van der Waals surface area contributed by atoms with Crippen molar-refractivity contribution in [2.45, 2.75) is 46.6 Å². The van der Waals surface area contributed by atoms with Crippen molar-refractivity contribution in [1.82, 2.24) is 0 Å². The van der Waals surface area contributed by atoms with E-state index in [1.807, 2.05) is 26.0 Å². The minimum absolute atomic E-state index is 0. The highest BCUT2D eigenvalue weighted by molar-refractivity contribution is 5.85. The first kappa shape index (κ1) is 16.3. The normalized spacial score (nSPS) is 12.4. The van der Waals surface area contributed by atoms with E-state index in [4.69, 9.17) is 5.73 Å². The molecule has 0 fully saturated rings. The van der Waals surface area contributed by atoms with Crippen LogP contribution in [-0.2, 0) is 0 Å². The van der Waals surface area contributed by atoms with E-state index in [1.165, 1.54) is 0 Å². The van der Waals surface area contributed by atoms with Crippen molar-refractivity contribution >= 4 is 12.4 Å². The molecular formula is C14H24ClNO. The van der Waals surface area contributed by atoms with E-state index in [1.54, 1.807) is 0 Å². The summed E-state index contributed by atoms with van der Waals surface area (Å²) in [7, 11) is 0. The number of benzene rings is 1. The molecule has 0 aliphatic heterocycles. The number of phenolic OH excluding ortho intramolecular Hbond substituents is 1. The van der Waals surface area contributed by atoms with Gasteiger partial charge >= 0.3 is 0 Å². The van der Waals surface area contributed by atoms with Gasteiger partial charge in [0.2, 0.25) is 0 Å². The molecular weight excluding hydrogens is 234 g/mol. The van der Waals surface area contributed by atoms with Crippen LogP contribution in [-0.4, -0.2) is 5.11 Å². The van der Waals surface area contributed by atoms with Gasteiger partial charge in [0.15, 0.2) is 0 Å². The van der Waals surface area contributed by atoms with Crippen LogP contribution in [0, 0.1) is 19.8 Å². The molecule has 1 aromatic carbocycles. The van der Waals surface area contributed by atoms with Crippen LogP contribution in [0.4, 0.5) is 0 Å². The van der Waals surface area contributed by atoms with E-state index in [0.717, 1.165) is 29.5 Å². The average molecular weight is 258 g/mol. The highest BCUT2D eigenvalue weighted by Gasteiger charge is 2.10. The highest BCUT2D eigenvalue weighted by Crippen LogP contribution is 2.27. The lowest BCUT2D eigenvalue weighted by Gasteiger charge is -2.16. The molecule has 1 aromatic rings. The molecule has 0 aromatic heterocycles. The topological polar surface area (TPSA) is 46.2 Å². The second-order valence-electron chi connectivity index (χ2n) is 5.08. The third-order valence-corrected chi connectivity index (χ3v) is 3.00. The Hall–Kier alpha value is -0.730. The monoisotopic (exact) mass is 257 g/mol. The summed E-state index contributed by atoms with van der Waals surface area (Å²) >= 11 is 0. The first-order chi connectivity index (χ1) is 7.41. The van der Waals surface area contributed by atoms with Crippen LogP contribution in [0.15, 0.2) is 12.1 Å². The molecule has 3 N–H and O–H groups in total. The standard InChI is InChI=1S/C14H23NO.ClH/c1-9(2)5-6-13(15)12-7-10(3)14(16)11(4)8-12;/h7-9,13,16H,5-6,15H2,1-4H3;1H/t13-;/m1./s1. The fourth-order valence-corrected chi connectivity index (χ4v) is 1.88. The average Bonchev–Trinajstić information content (AvgIpc) is 2.21. The Morgan fingerprint density at radius 1 is 1.12 bits per heavy atom. The number of rotatable bonds is 4. The van der Waals surface area contributed by atoms with Crippen molar-refractivity contribution in [1.29, 1.82) is 0 Å². The zero-order valence-electron chi connectivity index (χ0n) is 11.2. The van der Waals surface area contributed by atoms with Crippen LogP contribution in [0.25, 0.3) is 0 Å². The van der Waals surface area contributed by atoms with Crippen LogP contribution in [0.2, 0.25) is 0 Å². The summed E-state index contributed by atoms with van der Waals surface area (Å²) in [6.45, 7) is 8.25. The molecule has 0 radical (unpaired) electrons. The van der Waals surface area contributed by atoms with Crippen LogP contribution in [0.3, 0.4) is 0 Å². The van der Waals surface area contributed by atoms with Gasteiger partial charge in [-0.05, 0) is 49.3 Å². The Labute approximate surface area is 111 Å². The number of halogens is 1. The first-order valence-corrected chi connectivity index (χ1v) is 5.97. The molecule has 0 aliphatic rings. The van der Waals surface area contributed by atoms with Crippen molar-refractivity contribution in [3.63, 3.8) is 0 Å². The van der Waals surface area contributed by atoms with Gasteiger partial charge in [-0.3, -0.25) is 0 Å². The van der Waals surface area contributed by atoms with E-state index in [9.17, 15) is 5.11 Å². The molecule has 0 bridgehead atoms. The molecule has 0 aliphatic carbocycles. The molecule has 0 saturated carbocycles. The Kier molecular flexibility index (Phi) is 6.58. The van der Waals surface area contributed by atoms with Gasteiger partial charge < -0.3 is 10.8 Å². The van der Waals surface area contributed by atoms with Crippen molar-refractivity contribution in [2.75, 3.05) is 0 Å². The van der Waals surface area contributed by atoms with Crippen molar-refractivity contribution in [2.24, 2.45) is 11.7 Å². The largest absolute Gasteiger partial charge is 0.507 e. The molecule has 17 heavy (non-hydrogen) atoms. The SMILES string of the molecule is Cc1cc([C@H](N)CCC(C)C)cc(C)c1O.Cl. The van der Waals surface area contributed by atoms with Crippen LogP contribution in [0.1, 0.15) is 49.4 Å². The number of nitrogens with two attached hydrogens (primary N) is 1. The maximum absolute atomic E-state index is 9.69. The van der Waals surface area contributed by atoms with Gasteiger partial charge in [-0.1, -0.05) is 26.0 Å². The maximum atomic E-state index is 9.69. The predicted molar refractivity (Wildman–Crippen MR) is 75.8 cm³/mol. The third-order valence-electron chi connectivity index (χ3n) is 3.00. The van der Waals surface area contributed by atoms with Gasteiger partial charge in [-0.15, -0.1) is 12.4 Å². The van der Waals surface area contributed by atoms with Crippen LogP contribution < -0.4 is 5.73 Å². The van der Waals surface area contributed by atoms with E-state index in [2.05, 4.69) is 13.8 Å². The lowest BCUT2D eigenvalue weighted by atomic mass is 9.95. The van der Waals surface area contributed by atoms with Crippen LogP contribution >= 0.6 is 12.4 Å². The molecule has 2 nitrogen and oxygen atoms in total. The zero-order valence-corrected chi connectivity index (χ0v) is 12.0. The Morgan fingerprint density at radius 2 is 1.59 bits per heavy atom. The lowest BCUT2D eigenvalue weighted by Crippen LogP contribution is -2.11. The molecule has 0 saturated heterocycles. The molecule has 1 rings (SSSR count). The van der Waals surface area contributed by atoms with Gasteiger partial charge in [0, 0.05) is 6.04 Å². The molecule has 0 amide bonds. The van der Waals surface area contributed by atoms with Crippen molar-refractivity contribution in [3.8, 4) is 5.75 Å². The number of phenols is 1. The Balaban J connectivity index is 0.00000256. The van der Waals surface area contributed by atoms with E-state index in [-0.39, 0.29) is 18.4 Å². The summed E-state index contributed by atoms with van der Waals surface area (Å²) in [6, 6.07) is 4.07.